The lowest BCUT2D eigenvalue weighted by atomic mass is 10.3. The van der Waals surface area contributed by atoms with Crippen molar-refractivity contribution in [3.05, 3.63) is 24.0 Å². The molecule has 1 unspecified atom stereocenters. The molecule has 0 radical (unpaired) electrons. The number of carbonyl (C=O) groups is 1. The van der Waals surface area contributed by atoms with Crippen LogP contribution in [0.15, 0.2) is 18.3 Å². The van der Waals surface area contributed by atoms with Crippen molar-refractivity contribution >= 4 is 5.91 Å². The van der Waals surface area contributed by atoms with Gasteiger partial charge in [0, 0.05) is 25.8 Å². The average molecular weight is 239 g/mol. The van der Waals surface area contributed by atoms with Gasteiger partial charge in [0.15, 0.2) is 5.69 Å². The highest BCUT2D eigenvalue weighted by Gasteiger charge is 2.10. The van der Waals surface area contributed by atoms with Gasteiger partial charge in [-0.3, -0.25) is 4.79 Å². The first-order valence-corrected chi connectivity index (χ1v) is 5.42. The number of carbonyl (C=O) groups excluding carboxylic acids is 1. The summed E-state index contributed by atoms with van der Waals surface area (Å²) in [7, 11) is 0. The number of aromatic hydroxyl groups is 1. The molecule has 0 bridgehead atoms. The van der Waals surface area contributed by atoms with Crippen molar-refractivity contribution in [1.29, 1.82) is 0 Å². The fourth-order valence-electron chi connectivity index (χ4n) is 1.23. The molecule has 0 aliphatic carbocycles. The van der Waals surface area contributed by atoms with Crippen LogP contribution >= 0.6 is 0 Å². The van der Waals surface area contributed by atoms with Crippen LogP contribution in [0.25, 0.3) is 0 Å². The number of aromatic nitrogens is 1. The molecule has 1 aromatic heterocycles. The van der Waals surface area contributed by atoms with E-state index in [0.29, 0.717) is 19.6 Å². The van der Waals surface area contributed by atoms with E-state index >= 15 is 0 Å². The lowest BCUT2D eigenvalue weighted by Gasteiger charge is -2.08. The molecule has 0 aliphatic heterocycles. The predicted octanol–water partition coefficient (Wildman–Crippen LogP) is -0.513. The van der Waals surface area contributed by atoms with Gasteiger partial charge < -0.3 is 20.8 Å². The fourth-order valence-corrected chi connectivity index (χ4v) is 1.23. The number of hydrogen-bond donors (Lipinski definition) is 4. The predicted molar refractivity (Wildman–Crippen MR) is 62.8 cm³/mol. The largest absolute Gasteiger partial charge is 0.505 e. The molecule has 0 saturated carbocycles. The smallest absolute Gasteiger partial charge is 0.273 e. The zero-order chi connectivity index (χ0) is 12.7. The number of aliphatic hydroxyl groups is 1. The van der Waals surface area contributed by atoms with Gasteiger partial charge in [0.1, 0.15) is 5.75 Å². The second-order valence-electron chi connectivity index (χ2n) is 3.68. The van der Waals surface area contributed by atoms with E-state index in [9.17, 15) is 9.90 Å². The summed E-state index contributed by atoms with van der Waals surface area (Å²) in [5, 5.41) is 23.9. The Kier molecular flexibility index (Phi) is 5.38. The van der Waals surface area contributed by atoms with Crippen LogP contribution in [-0.4, -0.2) is 46.8 Å². The minimum atomic E-state index is -0.415. The van der Waals surface area contributed by atoms with Gasteiger partial charge in [0.2, 0.25) is 0 Å². The number of hydrogen-bond acceptors (Lipinski definition) is 5. The van der Waals surface area contributed by atoms with Crippen LogP contribution in [0.4, 0.5) is 0 Å². The van der Waals surface area contributed by atoms with Crippen molar-refractivity contribution in [2.75, 3.05) is 19.6 Å². The van der Waals surface area contributed by atoms with Gasteiger partial charge >= 0.3 is 0 Å². The molecule has 94 valence electrons. The van der Waals surface area contributed by atoms with Gasteiger partial charge in [-0.2, -0.15) is 0 Å². The Hall–Kier alpha value is -1.66. The molecule has 6 nitrogen and oxygen atoms in total. The molecule has 0 aliphatic rings. The summed E-state index contributed by atoms with van der Waals surface area (Å²) in [5.74, 6) is -0.552. The van der Waals surface area contributed by atoms with Crippen molar-refractivity contribution in [3.63, 3.8) is 0 Å². The Morgan fingerprint density at radius 2 is 2.29 bits per heavy atom. The topological polar surface area (TPSA) is 94.5 Å². The Morgan fingerprint density at radius 1 is 1.53 bits per heavy atom. The van der Waals surface area contributed by atoms with Gasteiger partial charge in [0.05, 0.1) is 6.10 Å². The molecule has 1 atom stereocenters. The SMILES string of the molecule is CC(O)CNCCNC(=O)c1ncccc1O. The summed E-state index contributed by atoms with van der Waals surface area (Å²) < 4.78 is 0. The number of rotatable bonds is 6. The zero-order valence-electron chi connectivity index (χ0n) is 9.68. The molecular formula is C11H17N3O3. The van der Waals surface area contributed by atoms with Gasteiger partial charge in [0.25, 0.3) is 5.91 Å². The van der Waals surface area contributed by atoms with Crippen molar-refractivity contribution in [2.24, 2.45) is 0 Å². The van der Waals surface area contributed by atoms with Gasteiger partial charge in [-0.15, -0.1) is 0 Å². The molecule has 4 N–H and O–H groups in total. The maximum Gasteiger partial charge on any atom is 0.273 e. The van der Waals surface area contributed by atoms with Gasteiger partial charge in [-0.05, 0) is 19.1 Å². The van der Waals surface area contributed by atoms with Crippen LogP contribution in [0, 0.1) is 0 Å². The number of nitrogens with zero attached hydrogens (tertiary/aromatic N) is 1. The fraction of sp³-hybridized carbons (Fsp3) is 0.455. The molecule has 17 heavy (non-hydrogen) atoms. The quantitative estimate of drug-likeness (QED) is 0.501. The molecule has 0 saturated heterocycles. The highest BCUT2D eigenvalue weighted by atomic mass is 16.3. The van der Waals surface area contributed by atoms with Gasteiger partial charge in [-0.25, -0.2) is 4.98 Å². The molecule has 0 fully saturated rings. The Morgan fingerprint density at radius 3 is 2.94 bits per heavy atom. The third-order valence-corrected chi connectivity index (χ3v) is 2.03. The van der Waals surface area contributed by atoms with Crippen LogP contribution in [0.5, 0.6) is 5.75 Å². The molecule has 1 heterocycles. The van der Waals surface area contributed by atoms with E-state index in [2.05, 4.69) is 15.6 Å². The van der Waals surface area contributed by atoms with Crippen molar-refractivity contribution in [1.82, 2.24) is 15.6 Å². The van der Waals surface area contributed by atoms with E-state index in [1.807, 2.05) is 0 Å². The number of pyridine rings is 1. The molecule has 6 heteroatoms. The monoisotopic (exact) mass is 239 g/mol. The highest BCUT2D eigenvalue weighted by molar-refractivity contribution is 5.94. The summed E-state index contributed by atoms with van der Waals surface area (Å²) in [6.07, 6.45) is 1.03. The molecule has 1 amide bonds. The third kappa shape index (κ3) is 4.80. The van der Waals surface area contributed by atoms with Crippen molar-refractivity contribution < 1.29 is 15.0 Å². The lowest BCUT2D eigenvalue weighted by molar-refractivity contribution is 0.0945. The molecular weight excluding hydrogens is 222 g/mol. The van der Waals surface area contributed by atoms with E-state index in [1.54, 1.807) is 13.0 Å². The number of nitrogens with one attached hydrogen (secondary N) is 2. The standard InChI is InChI=1S/C11H17N3O3/c1-8(15)7-12-5-6-14-11(17)10-9(16)3-2-4-13-10/h2-4,8,12,15-16H,5-7H2,1H3,(H,14,17). The molecule has 1 rings (SSSR count). The van der Waals surface area contributed by atoms with Crippen LogP contribution in [-0.2, 0) is 0 Å². The molecule has 0 spiro atoms. The lowest BCUT2D eigenvalue weighted by Crippen LogP contribution is -2.34. The maximum atomic E-state index is 11.6. The maximum absolute atomic E-state index is 11.6. The number of amides is 1. The highest BCUT2D eigenvalue weighted by Crippen LogP contribution is 2.11. The molecule has 0 aromatic carbocycles. The first-order valence-electron chi connectivity index (χ1n) is 5.42. The first kappa shape index (κ1) is 13.4. The van der Waals surface area contributed by atoms with Crippen LogP contribution < -0.4 is 10.6 Å². The second-order valence-corrected chi connectivity index (χ2v) is 3.68. The van der Waals surface area contributed by atoms with Crippen LogP contribution in [0.2, 0.25) is 0 Å². The Labute approximate surface area is 99.7 Å². The average Bonchev–Trinajstić information content (AvgIpc) is 2.28. The van der Waals surface area contributed by atoms with Crippen molar-refractivity contribution in [2.45, 2.75) is 13.0 Å². The molecule has 1 aromatic rings. The van der Waals surface area contributed by atoms with Gasteiger partial charge in [-0.1, -0.05) is 0 Å². The number of aliphatic hydroxyl groups excluding tert-OH is 1. The van der Waals surface area contributed by atoms with E-state index in [0.717, 1.165) is 0 Å². The Balaban J connectivity index is 2.29. The summed E-state index contributed by atoms with van der Waals surface area (Å²) >= 11 is 0. The minimum absolute atomic E-state index is 0.0167. The zero-order valence-corrected chi connectivity index (χ0v) is 9.68. The van der Waals surface area contributed by atoms with Crippen LogP contribution in [0.3, 0.4) is 0 Å². The van der Waals surface area contributed by atoms with E-state index < -0.39 is 12.0 Å². The van der Waals surface area contributed by atoms with E-state index in [-0.39, 0.29) is 11.4 Å². The normalized spacial score (nSPS) is 12.1. The minimum Gasteiger partial charge on any atom is -0.505 e. The third-order valence-electron chi connectivity index (χ3n) is 2.03. The summed E-state index contributed by atoms with van der Waals surface area (Å²) in [6.45, 7) is 3.11. The van der Waals surface area contributed by atoms with Crippen LogP contribution in [0.1, 0.15) is 17.4 Å². The van der Waals surface area contributed by atoms with E-state index in [4.69, 9.17) is 5.11 Å². The second kappa shape index (κ2) is 6.82. The van der Waals surface area contributed by atoms with Crippen molar-refractivity contribution in [3.8, 4) is 5.75 Å². The summed E-state index contributed by atoms with van der Waals surface area (Å²) in [4.78, 5) is 15.3. The summed E-state index contributed by atoms with van der Waals surface area (Å²) in [6, 6.07) is 2.96. The summed E-state index contributed by atoms with van der Waals surface area (Å²) in [5.41, 5.74) is 0.0167. The van der Waals surface area contributed by atoms with E-state index in [1.165, 1.54) is 12.3 Å². The Bertz CT molecular complexity index is 369. The first-order chi connectivity index (χ1) is 8.11.